The van der Waals surface area contributed by atoms with Gasteiger partial charge in [0.2, 0.25) is 5.91 Å². The van der Waals surface area contributed by atoms with E-state index in [0.29, 0.717) is 0 Å². The van der Waals surface area contributed by atoms with Crippen molar-refractivity contribution in [1.82, 2.24) is 10.2 Å². The maximum Gasteiger partial charge on any atom is 0.217 e. The van der Waals surface area contributed by atoms with Crippen molar-refractivity contribution >= 4 is 5.91 Å². The minimum atomic E-state index is 0.0283. The molecule has 0 spiro atoms. The lowest BCUT2D eigenvalue weighted by Gasteiger charge is -2.21. The maximum atomic E-state index is 10.9. The smallest absolute Gasteiger partial charge is 0.217 e. The van der Waals surface area contributed by atoms with Crippen LogP contribution in [0.1, 0.15) is 19.4 Å². The number of carbonyl (C=O) groups excluding carboxylic acids is 1. The van der Waals surface area contributed by atoms with Crippen LogP contribution in [-0.2, 0) is 11.3 Å². The van der Waals surface area contributed by atoms with Crippen LogP contribution in [0.3, 0.4) is 0 Å². The van der Waals surface area contributed by atoms with E-state index in [0.717, 1.165) is 13.1 Å². The highest BCUT2D eigenvalue weighted by molar-refractivity contribution is 5.73. The average molecular weight is 220 g/mol. The van der Waals surface area contributed by atoms with Crippen LogP contribution in [0.15, 0.2) is 30.3 Å². The Kier molecular flexibility index (Phi) is 4.99. The first kappa shape index (κ1) is 12.7. The SMILES string of the molecule is CC(=O)NC(C)CN(C)Cc1ccccc1. The molecule has 1 atom stereocenters. The minimum Gasteiger partial charge on any atom is -0.353 e. The van der Waals surface area contributed by atoms with E-state index >= 15 is 0 Å². The molecule has 0 aliphatic rings. The third kappa shape index (κ3) is 4.94. The number of rotatable bonds is 5. The summed E-state index contributed by atoms with van der Waals surface area (Å²) in [6.45, 7) is 5.33. The molecule has 0 aliphatic carbocycles. The van der Waals surface area contributed by atoms with E-state index in [9.17, 15) is 4.79 Å². The van der Waals surface area contributed by atoms with Gasteiger partial charge < -0.3 is 10.2 Å². The number of likely N-dealkylation sites (N-methyl/N-ethyl adjacent to an activating group) is 1. The van der Waals surface area contributed by atoms with Crippen LogP contribution in [-0.4, -0.2) is 30.4 Å². The summed E-state index contributed by atoms with van der Waals surface area (Å²) in [5, 5.41) is 2.88. The summed E-state index contributed by atoms with van der Waals surface area (Å²) in [6, 6.07) is 10.5. The predicted octanol–water partition coefficient (Wildman–Crippen LogP) is 1.64. The van der Waals surface area contributed by atoms with Crippen molar-refractivity contribution in [2.24, 2.45) is 0 Å². The van der Waals surface area contributed by atoms with Gasteiger partial charge in [-0.05, 0) is 19.5 Å². The Morgan fingerprint density at radius 1 is 1.38 bits per heavy atom. The molecular weight excluding hydrogens is 200 g/mol. The first-order valence-electron chi connectivity index (χ1n) is 5.57. The summed E-state index contributed by atoms with van der Waals surface area (Å²) in [6.07, 6.45) is 0. The molecule has 88 valence electrons. The second-order valence-corrected chi connectivity index (χ2v) is 4.28. The van der Waals surface area contributed by atoms with Crippen LogP contribution in [0, 0.1) is 0 Å². The molecule has 1 rings (SSSR count). The molecule has 1 amide bonds. The van der Waals surface area contributed by atoms with E-state index in [2.05, 4.69) is 29.4 Å². The van der Waals surface area contributed by atoms with Gasteiger partial charge in [-0.3, -0.25) is 4.79 Å². The molecule has 1 aromatic carbocycles. The molecule has 0 aliphatic heterocycles. The van der Waals surface area contributed by atoms with Crippen molar-refractivity contribution in [3.63, 3.8) is 0 Å². The van der Waals surface area contributed by atoms with Gasteiger partial charge in [-0.15, -0.1) is 0 Å². The molecule has 0 fully saturated rings. The van der Waals surface area contributed by atoms with E-state index in [1.54, 1.807) is 6.92 Å². The molecular formula is C13H20N2O. The van der Waals surface area contributed by atoms with E-state index in [1.165, 1.54) is 5.56 Å². The number of amides is 1. The Morgan fingerprint density at radius 2 is 2.00 bits per heavy atom. The molecule has 0 aromatic heterocycles. The van der Waals surface area contributed by atoms with Crippen molar-refractivity contribution in [1.29, 1.82) is 0 Å². The fourth-order valence-electron chi connectivity index (χ4n) is 1.82. The summed E-state index contributed by atoms with van der Waals surface area (Å²) in [4.78, 5) is 13.1. The lowest BCUT2D eigenvalue weighted by atomic mass is 10.2. The second kappa shape index (κ2) is 6.28. The summed E-state index contributed by atoms with van der Waals surface area (Å²) >= 11 is 0. The lowest BCUT2D eigenvalue weighted by molar-refractivity contribution is -0.119. The summed E-state index contributed by atoms with van der Waals surface area (Å²) in [5.74, 6) is 0.0283. The minimum absolute atomic E-state index is 0.0283. The Balaban J connectivity index is 2.36. The van der Waals surface area contributed by atoms with Gasteiger partial charge in [0.05, 0.1) is 0 Å². The van der Waals surface area contributed by atoms with E-state index in [1.807, 2.05) is 25.1 Å². The highest BCUT2D eigenvalue weighted by Gasteiger charge is 2.07. The van der Waals surface area contributed by atoms with Crippen LogP contribution >= 0.6 is 0 Å². The maximum absolute atomic E-state index is 10.9. The van der Waals surface area contributed by atoms with Crippen LogP contribution in [0.2, 0.25) is 0 Å². The number of hydrogen-bond acceptors (Lipinski definition) is 2. The Hall–Kier alpha value is -1.35. The molecule has 0 saturated heterocycles. The first-order valence-corrected chi connectivity index (χ1v) is 5.57. The fourth-order valence-corrected chi connectivity index (χ4v) is 1.82. The second-order valence-electron chi connectivity index (χ2n) is 4.28. The third-order valence-electron chi connectivity index (χ3n) is 2.33. The quantitative estimate of drug-likeness (QED) is 0.818. The summed E-state index contributed by atoms with van der Waals surface area (Å²) in [7, 11) is 2.06. The highest BCUT2D eigenvalue weighted by Crippen LogP contribution is 2.02. The standard InChI is InChI=1S/C13H20N2O/c1-11(14-12(2)16)9-15(3)10-13-7-5-4-6-8-13/h4-8,11H,9-10H2,1-3H3,(H,14,16). The number of hydrogen-bond donors (Lipinski definition) is 1. The molecule has 0 radical (unpaired) electrons. The van der Waals surface area contributed by atoms with Crippen LogP contribution in [0.5, 0.6) is 0 Å². The summed E-state index contributed by atoms with van der Waals surface area (Å²) < 4.78 is 0. The number of nitrogens with zero attached hydrogens (tertiary/aromatic N) is 1. The highest BCUT2D eigenvalue weighted by atomic mass is 16.1. The first-order chi connectivity index (χ1) is 7.58. The van der Waals surface area contributed by atoms with Crippen LogP contribution in [0.25, 0.3) is 0 Å². The molecule has 3 nitrogen and oxygen atoms in total. The fraction of sp³-hybridized carbons (Fsp3) is 0.462. The molecule has 3 heteroatoms. The van der Waals surface area contributed by atoms with Crippen LogP contribution < -0.4 is 5.32 Å². The third-order valence-corrected chi connectivity index (χ3v) is 2.33. The Bertz CT molecular complexity index is 324. The van der Waals surface area contributed by atoms with Gasteiger partial charge in [0.25, 0.3) is 0 Å². The van der Waals surface area contributed by atoms with E-state index in [4.69, 9.17) is 0 Å². The van der Waals surface area contributed by atoms with Crippen LogP contribution in [0.4, 0.5) is 0 Å². The monoisotopic (exact) mass is 220 g/mol. The lowest BCUT2D eigenvalue weighted by Crippen LogP contribution is -2.39. The van der Waals surface area contributed by atoms with Gasteiger partial charge in [-0.1, -0.05) is 30.3 Å². The largest absolute Gasteiger partial charge is 0.353 e. The zero-order valence-electron chi connectivity index (χ0n) is 10.2. The van der Waals surface area contributed by atoms with Gasteiger partial charge in [0.1, 0.15) is 0 Å². The Morgan fingerprint density at radius 3 is 2.56 bits per heavy atom. The van der Waals surface area contributed by atoms with E-state index in [-0.39, 0.29) is 11.9 Å². The predicted molar refractivity (Wildman–Crippen MR) is 66.1 cm³/mol. The zero-order valence-corrected chi connectivity index (χ0v) is 10.2. The molecule has 0 bridgehead atoms. The normalized spacial score (nSPS) is 12.5. The van der Waals surface area contributed by atoms with Crippen molar-refractivity contribution in [2.45, 2.75) is 26.4 Å². The van der Waals surface area contributed by atoms with Crippen molar-refractivity contribution < 1.29 is 4.79 Å². The van der Waals surface area contributed by atoms with Gasteiger partial charge >= 0.3 is 0 Å². The van der Waals surface area contributed by atoms with Gasteiger partial charge in [-0.2, -0.15) is 0 Å². The topological polar surface area (TPSA) is 32.3 Å². The number of benzene rings is 1. The van der Waals surface area contributed by atoms with Crippen molar-refractivity contribution in [3.8, 4) is 0 Å². The van der Waals surface area contributed by atoms with Gasteiger partial charge in [-0.25, -0.2) is 0 Å². The number of nitrogens with one attached hydrogen (secondary N) is 1. The van der Waals surface area contributed by atoms with Gasteiger partial charge in [0, 0.05) is 26.1 Å². The molecule has 0 heterocycles. The number of carbonyl (C=O) groups is 1. The average Bonchev–Trinajstić information content (AvgIpc) is 2.17. The van der Waals surface area contributed by atoms with Crippen molar-refractivity contribution in [3.05, 3.63) is 35.9 Å². The summed E-state index contributed by atoms with van der Waals surface area (Å²) in [5.41, 5.74) is 1.29. The molecule has 1 N–H and O–H groups in total. The van der Waals surface area contributed by atoms with Gasteiger partial charge in [0.15, 0.2) is 0 Å². The molecule has 0 saturated carbocycles. The molecule has 16 heavy (non-hydrogen) atoms. The Labute approximate surface area is 97.5 Å². The zero-order chi connectivity index (χ0) is 12.0. The molecule has 1 unspecified atom stereocenters. The van der Waals surface area contributed by atoms with E-state index < -0.39 is 0 Å². The molecule has 1 aromatic rings. The van der Waals surface area contributed by atoms with Crippen molar-refractivity contribution in [2.75, 3.05) is 13.6 Å².